The van der Waals surface area contributed by atoms with Crippen LogP contribution < -0.4 is 9.57 Å². The zero-order valence-corrected chi connectivity index (χ0v) is 15.0. The Morgan fingerprint density at radius 2 is 1.96 bits per heavy atom. The third-order valence-corrected chi connectivity index (χ3v) is 4.80. The van der Waals surface area contributed by atoms with Crippen molar-refractivity contribution in [1.82, 2.24) is 4.83 Å². The number of nitro benzene ring substituents is 1. The summed E-state index contributed by atoms with van der Waals surface area (Å²) in [6.07, 6.45) is 0. The van der Waals surface area contributed by atoms with Gasteiger partial charge in [0.2, 0.25) is 0 Å². The molecule has 0 atom stereocenters. The van der Waals surface area contributed by atoms with Gasteiger partial charge in [0.1, 0.15) is 0 Å². The molecule has 0 amide bonds. The van der Waals surface area contributed by atoms with Gasteiger partial charge in [0.05, 0.1) is 22.6 Å². The Morgan fingerprint density at radius 3 is 2.54 bits per heavy atom. The number of benzene rings is 2. The van der Waals surface area contributed by atoms with Crippen LogP contribution in [0.3, 0.4) is 0 Å². The van der Waals surface area contributed by atoms with Crippen LogP contribution in [-0.2, 0) is 10.0 Å². The minimum absolute atomic E-state index is 0.0501. The van der Waals surface area contributed by atoms with Gasteiger partial charge in [-0.3, -0.25) is 10.1 Å². The smallest absolute Gasteiger partial charge is 0.276 e. The number of rotatable bonds is 6. The molecule has 2 aromatic carbocycles. The van der Waals surface area contributed by atoms with E-state index >= 15 is 0 Å². The van der Waals surface area contributed by atoms with Crippen LogP contribution in [0.25, 0.3) is 0 Å². The number of ether oxygens (including phenoxy) is 1. The van der Waals surface area contributed by atoms with E-state index in [1.54, 1.807) is 0 Å². The van der Waals surface area contributed by atoms with Crippen LogP contribution in [0.5, 0.6) is 5.75 Å². The zero-order chi connectivity index (χ0) is 19.5. The molecule has 26 heavy (non-hydrogen) atoms. The zero-order valence-electron chi connectivity index (χ0n) is 14.2. The van der Waals surface area contributed by atoms with Gasteiger partial charge in [0, 0.05) is 17.2 Å². The van der Waals surface area contributed by atoms with Crippen molar-refractivity contribution >= 4 is 21.4 Å². The molecule has 0 saturated heterocycles. The molecule has 0 saturated carbocycles. The minimum Gasteiger partial charge on any atom is -0.494 e. The first kappa shape index (κ1) is 19.3. The second-order valence-electron chi connectivity index (χ2n) is 5.35. The van der Waals surface area contributed by atoms with Crippen molar-refractivity contribution in [3.8, 4) is 5.75 Å². The molecule has 0 aliphatic rings. The number of hydrazone groups is 1. The molecule has 10 heteroatoms. The highest BCUT2D eigenvalue weighted by Crippen LogP contribution is 2.22. The summed E-state index contributed by atoms with van der Waals surface area (Å²) in [5, 5.41) is 14.7. The van der Waals surface area contributed by atoms with Crippen LogP contribution >= 0.6 is 0 Å². The van der Waals surface area contributed by atoms with Crippen LogP contribution in [0, 0.1) is 22.9 Å². The number of halogens is 1. The molecule has 0 bridgehead atoms. The number of hydrogen-bond donors (Lipinski definition) is 1. The number of aryl methyl sites for hydroxylation is 1. The maximum Gasteiger partial charge on any atom is 0.276 e. The van der Waals surface area contributed by atoms with Crippen molar-refractivity contribution < 1.29 is 22.5 Å². The number of sulfonamides is 1. The van der Waals surface area contributed by atoms with Gasteiger partial charge >= 0.3 is 0 Å². The van der Waals surface area contributed by atoms with Gasteiger partial charge in [0.15, 0.2) is 11.6 Å². The fourth-order valence-electron chi connectivity index (χ4n) is 2.09. The largest absolute Gasteiger partial charge is 0.494 e. The summed E-state index contributed by atoms with van der Waals surface area (Å²) in [7, 11) is -2.79. The molecular formula is C16H16FN3O5S. The molecule has 0 aliphatic carbocycles. The van der Waals surface area contributed by atoms with Gasteiger partial charge in [0.25, 0.3) is 15.7 Å². The average Bonchev–Trinajstić information content (AvgIpc) is 2.59. The topological polar surface area (TPSA) is 111 Å². The van der Waals surface area contributed by atoms with Gasteiger partial charge in [-0.15, -0.1) is 0 Å². The Hall–Kier alpha value is -3.01. The van der Waals surface area contributed by atoms with Crippen LogP contribution in [0.4, 0.5) is 10.1 Å². The molecule has 0 fully saturated rings. The van der Waals surface area contributed by atoms with Gasteiger partial charge in [-0.1, -0.05) is 6.07 Å². The summed E-state index contributed by atoms with van der Waals surface area (Å²) in [5.41, 5.74) is 0.575. The Balaban J connectivity index is 2.29. The third-order valence-electron chi connectivity index (χ3n) is 3.59. The maximum absolute atomic E-state index is 13.7. The van der Waals surface area contributed by atoms with E-state index in [1.165, 1.54) is 45.2 Å². The van der Waals surface area contributed by atoms with E-state index in [9.17, 15) is 22.9 Å². The fraction of sp³-hybridized carbons (Fsp3) is 0.188. The summed E-state index contributed by atoms with van der Waals surface area (Å²) >= 11 is 0. The second-order valence-corrected chi connectivity index (χ2v) is 7.01. The normalized spacial score (nSPS) is 11.9. The highest BCUT2D eigenvalue weighted by molar-refractivity contribution is 7.89. The molecule has 0 spiro atoms. The molecule has 2 aromatic rings. The fourth-order valence-corrected chi connectivity index (χ4v) is 2.97. The molecule has 0 aromatic heterocycles. The first-order valence-corrected chi connectivity index (χ1v) is 8.79. The Morgan fingerprint density at radius 1 is 1.27 bits per heavy atom. The molecule has 0 aliphatic heterocycles. The third kappa shape index (κ3) is 4.14. The minimum atomic E-state index is -4.12. The predicted molar refractivity (Wildman–Crippen MR) is 93.3 cm³/mol. The summed E-state index contributed by atoms with van der Waals surface area (Å²) < 4.78 is 43.1. The number of nitrogens with one attached hydrogen (secondary N) is 1. The maximum atomic E-state index is 13.7. The highest BCUT2D eigenvalue weighted by Gasteiger charge is 2.19. The summed E-state index contributed by atoms with van der Waals surface area (Å²) in [4.78, 5) is 12.0. The lowest BCUT2D eigenvalue weighted by atomic mass is 10.1. The van der Waals surface area contributed by atoms with E-state index < -0.39 is 20.8 Å². The lowest BCUT2D eigenvalue weighted by Crippen LogP contribution is -2.20. The van der Waals surface area contributed by atoms with Crippen molar-refractivity contribution in [1.29, 1.82) is 0 Å². The second kappa shape index (κ2) is 7.48. The van der Waals surface area contributed by atoms with E-state index in [-0.39, 0.29) is 22.0 Å². The van der Waals surface area contributed by atoms with Crippen molar-refractivity contribution in [2.75, 3.05) is 7.11 Å². The highest BCUT2D eigenvalue weighted by atomic mass is 32.2. The summed E-state index contributed by atoms with van der Waals surface area (Å²) in [6, 6.07) is 7.59. The van der Waals surface area contributed by atoms with Crippen LogP contribution in [0.2, 0.25) is 0 Å². The molecule has 0 heterocycles. The van der Waals surface area contributed by atoms with Crippen molar-refractivity contribution in [3.05, 3.63) is 63.5 Å². The van der Waals surface area contributed by atoms with Gasteiger partial charge in [-0.05, 0) is 38.1 Å². The molecule has 0 unspecified atom stereocenters. The lowest BCUT2D eigenvalue weighted by molar-refractivity contribution is -0.385. The summed E-state index contributed by atoms with van der Waals surface area (Å²) in [5.74, 6) is -0.564. The predicted octanol–water partition coefficient (Wildman–Crippen LogP) is 2.75. The molecular weight excluding hydrogens is 365 g/mol. The van der Waals surface area contributed by atoms with Crippen molar-refractivity contribution in [3.63, 3.8) is 0 Å². The number of hydrogen-bond acceptors (Lipinski definition) is 6. The van der Waals surface area contributed by atoms with Gasteiger partial charge in [-0.25, -0.2) is 4.39 Å². The molecule has 1 N–H and O–H groups in total. The average molecular weight is 381 g/mol. The molecule has 0 radical (unpaired) electrons. The lowest BCUT2D eigenvalue weighted by Gasteiger charge is -2.07. The van der Waals surface area contributed by atoms with E-state index in [2.05, 4.69) is 5.10 Å². The van der Waals surface area contributed by atoms with Crippen LogP contribution in [0.15, 0.2) is 46.4 Å². The number of nitrogens with zero attached hydrogens (tertiary/aromatic N) is 2. The Kier molecular flexibility index (Phi) is 5.56. The van der Waals surface area contributed by atoms with Gasteiger partial charge < -0.3 is 4.74 Å². The quantitative estimate of drug-likeness (QED) is 0.470. The number of methoxy groups -OCH3 is 1. The van der Waals surface area contributed by atoms with E-state index in [0.29, 0.717) is 11.1 Å². The van der Waals surface area contributed by atoms with Crippen molar-refractivity contribution in [2.45, 2.75) is 18.7 Å². The van der Waals surface area contributed by atoms with E-state index in [4.69, 9.17) is 4.74 Å². The number of nitro groups is 1. The Bertz CT molecular complexity index is 989. The first-order chi connectivity index (χ1) is 12.2. The van der Waals surface area contributed by atoms with E-state index in [1.807, 2.05) is 4.83 Å². The standard InChI is InChI=1S/C16H16FN3O5S/c1-10-4-6-13(9-15(10)20(21)22)26(23,24)19-18-11(2)12-5-7-16(25-3)14(17)8-12/h4-9,19H,1-3H3/b18-11-. The monoisotopic (exact) mass is 381 g/mol. The molecule has 8 nitrogen and oxygen atoms in total. The van der Waals surface area contributed by atoms with Gasteiger partial charge in [-0.2, -0.15) is 18.4 Å². The SMILES string of the molecule is COc1ccc(/C(C)=N\NS(=O)(=O)c2ccc(C)c([N+](=O)[O-])c2)cc1F. The van der Waals surface area contributed by atoms with E-state index in [0.717, 1.165) is 12.1 Å². The Labute approximate surface area is 149 Å². The van der Waals surface area contributed by atoms with Crippen LogP contribution in [0.1, 0.15) is 18.1 Å². The van der Waals surface area contributed by atoms with Crippen molar-refractivity contribution in [2.24, 2.45) is 5.10 Å². The molecule has 138 valence electrons. The first-order valence-electron chi connectivity index (χ1n) is 7.30. The summed E-state index contributed by atoms with van der Waals surface area (Å²) in [6.45, 7) is 2.99. The molecule has 2 rings (SSSR count). The van der Waals surface area contributed by atoms with Crippen LogP contribution in [-0.4, -0.2) is 26.2 Å².